The fourth-order valence-corrected chi connectivity index (χ4v) is 3.84. The lowest BCUT2D eigenvalue weighted by Gasteiger charge is -2.18. The van der Waals surface area contributed by atoms with E-state index in [0.29, 0.717) is 33.8 Å². The van der Waals surface area contributed by atoms with E-state index in [4.69, 9.17) is 9.47 Å². The summed E-state index contributed by atoms with van der Waals surface area (Å²) in [6.45, 7) is 1.93. The standard InChI is InChI=1S/C26H26N4O4/c1-16-27-21-13-17(11-12-22(21)30(16)18-9-7-6-8-10-18)25(31)28-20-15-24(34-5)23(33-4)14-19(20)26(32)29(2)3/h6-15H,1-5H3,(H,28,31). The summed E-state index contributed by atoms with van der Waals surface area (Å²) in [5, 5.41) is 2.85. The molecule has 0 aliphatic rings. The first kappa shape index (κ1) is 22.8. The zero-order chi connectivity index (χ0) is 24.4. The Labute approximate surface area is 197 Å². The Balaban J connectivity index is 1.71. The minimum Gasteiger partial charge on any atom is -0.493 e. The normalized spacial score (nSPS) is 10.7. The molecule has 0 fully saturated rings. The van der Waals surface area contributed by atoms with E-state index in [1.165, 1.54) is 19.1 Å². The predicted octanol–water partition coefficient (Wildman–Crippen LogP) is 4.31. The van der Waals surface area contributed by atoms with Gasteiger partial charge in [0.1, 0.15) is 5.82 Å². The number of amides is 2. The number of imidazole rings is 1. The van der Waals surface area contributed by atoms with Crippen molar-refractivity contribution in [2.75, 3.05) is 33.6 Å². The van der Waals surface area contributed by atoms with Gasteiger partial charge in [-0.25, -0.2) is 4.98 Å². The fraction of sp³-hybridized carbons (Fsp3) is 0.192. The summed E-state index contributed by atoms with van der Waals surface area (Å²) >= 11 is 0. The molecule has 0 saturated heterocycles. The molecule has 1 N–H and O–H groups in total. The Bertz CT molecular complexity index is 1380. The minimum absolute atomic E-state index is 0.274. The highest BCUT2D eigenvalue weighted by Gasteiger charge is 2.21. The summed E-state index contributed by atoms with van der Waals surface area (Å²) in [7, 11) is 6.27. The van der Waals surface area contributed by atoms with E-state index in [-0.39, 0.29) is 11.8 Å². The zero-order valence-corrected chi connectivity index (χ0v) is 19.7. The average molecular weight is 459 g/mol. The molecule has 174 valence electrons. The third kappa shape index (κ3) is 4.17. The molecule has 2 amide bonds. The highest BCUT2D eigenvalue weighted by molar-refractivity contribution is 6.10. The number of ether oxygens (including phenoxy) is 2. The van der Waals surface area contributed by atoms with Crippen molar-refractivity contribution in [3.05, 3.63) is 77.6 Å². The second-order valence-electron chi connectivity index (χ2n) is 7.94. The van der Waals surface area contributed by atoms with Gasteiger partial charge in [0.25, 0.3) is 11.8 Å². The number of carbonyl (C=O) groups excluding carboxylic acids is 2. The van der Waals surface area contributed by atoms with Crippen LogP contribution in [-0.2, 0) is 0 Å². The first-order chi connectivity index (χ1) is 16.3. The van der Waals surface area contributed by atoms with Gasteiger partial charge in [0, 0.05) is 31.4 Å². The number of aryl methyl sites for hydroxylation is 1. The fourth-order valence-electron chi connectivity index (χ4n) is 3.84. The van der Waals surface area contributed by atoms with Crippen molar-refractivity contribution in [1.29, 1.82) is 0 Å². The van der Waals surface area contributed by atoms with E-state index in [2.05, 4.69) is 10.3 Å². The number of methoxy groups -OCH3 is 2. The molecule has 0 saturated carbocycles. The van der Waals surface area contributed by atoms with E-state index >= 15 is 0 Å². The van der Waals surface area contributed by atoms with Crippen LogP contribution in [0.5, 0.6) is 11.5 Å². The van der Waals surface area contributed by atoms with E-state index in [0.717, 1.165) is 17.0 Å². The van der Waals surface area contributed by atoms with Crippen LogP contribution in [0, 0.1) is 6.92 Å². The molecule has 0 aliphatic carbocycles. The van der Waals surface area contributed by atoms with Crippen molar-refractivity contribution in [2.24, 2.45) is 0 Å². The molecule has 0 radical (unpaired) electrons. The van der Waals surface area contributed by atoms with Crippen LogP contribution in [0.3, 0.4) is 0 Å². The Hall–Kier alpha value is -4.33. The molecule has 0 unspecified atom stereocenters. The lowest BCUT2D eigenvalue weighted by molar-refractivity contribution is 0.0828. The first-order valence-electron chi connectivity index (χ1n) is 10.7. The van der Waals surface area contributed by atoms with Gasteiger partial charge >= 0.3 is 0 Å². The second-order valence-corrected chi connectivity index (χ2v) is 7.94. The van der Waals surface area contributed by atoms with Crippen LogP contribution in [0.4, 0.5) is 5.69 Å². The Kier molecular flexibility index (Phi) is 6.23. The predicted molar refractivity (Wildman–Crippen MR) is 131 cm³/mol. The van der Waals surface area contributed by atoms with Crippen molar-refractivity contribution >= 4 is 28.5 Å². The molecule has 8 heteroatoms. The molecule has 4 aromatic rings. The van der Waals surface area contributed by atoms with Crippen molar-refractivity contribution in [3.8, 4) is 17.2 Å². The Morgan fingerprint density at radius 3 is 2.26 bits per heavy atom. The molecule has 3 aromatic carbocycles. The number of hydrogen-bond acceptors (Lipinski definition) is 5. The quantitative estimate of drug-likeness (QED) is 0.466. The lowest BCUT2D eigenvalue weighted by Crippen LogP contribution is -2.24. The van der Waals surface area contributed by atoms with Crippen LogP contribution < -0.4 is 14.8 Å². The number of anilines is 1. The molecular weight excluding hydrogens is 432 g/mol. The third-order valence-electron chi connectivity index (χ3n) is 5.51. The van der Waals surface area contributed by atoms with Crippen molar-refractivity contribution in [3.63, 3.8) is 0 Å². The van der Waals surface area contributed by atoms with Gasteiger partial charge in [0.05, 0.1) is 36.5 Å². The van der Waals surface area contributed by atoms with Crippen LogP contribution >= 0.6 is 0 Å². The number of carbonyl (C=O) groups is 2. The number of aromatic nitrogens is 2. The highest BCUT2D eigenvalue weighted by Crippen LogP contribution is 2.34. The summed E-state index contributed by atoms with van der Waals surface area (Å²) < 4.78 is 12.7. The molecule has 1 heterocycles. The molecule has 0 aliphatic heterocycles. The van der Waals surface area contributed by atoms with Crippen LogP contribution in [0.1, 0.15) is 26.5 Å². The second kappa shape index (κ2) is 9.27. The van der Waals surface area contributed by atoms with Crippen LogP contribution in [0.25, 0.3) is 16.7 Å². The molecule has 1 aromatic heterocycles. The van der Waals surface area contributed by atoms with Crippen LogP contribution in [0.15, 0.2) is 60.7 Å². The van der Waals surface area contributed by atoms with Crippen LogP contribution in [0.2, 0.25) is 0 Å². The molecule has 0 bridgehead atoms. The Morgan fingerprint density at radius 2 is 1.62 bits per heavy atom. The zero-order valence-electron chi connectivity index (χ0n) is 19.7. The van der Waals surface area contributed by atoms with Gasteiger partial charge < -0.3 is 19.7 Å². The topological polar surface area (TPSA) is 85.7 Å². The van der Waals surface area contributed by atoms with Gasteiger partial charge in [-0.1, -0.05) is 18.2 Å². The van der Waals surface area contributed by atoms with Crippen molar-refractivity contribution < 1.29 is 19.1 Å². The minimum atomic E-state index is -0.367. The van der Waals surface area contributed by atoms with Gasteiger partial charge in [0.2, 0.25) is 0 Å². The monoisotopic (exact) mass is 458 g/mol. The summed E-state index contributed by atoms with van der Waals surface area (Å²) in [5.41, 5.74) is 3.63. The third-order valence-corrected chi connectivity index (χ3v) is 5.51. The van der Waals surface area contributed by atoms with E-state index in [9.17, 15) is 9.59 Å². The van der Waals surface area contributed by atoms with E-state index in [1.54, 1.807) is 38.4 Å². The van der Waals surface area contributed by atoms with Crippen molar-refractivity contribution in [2.45, 2.75) is 6.92 Å². The van der Waals surface area contributed by atoms with Gasteiger partial charge in [-0.2, -0.15) is 0 Å². The summed E-state index contributed by atoms with van der Waals surface area (Å²) in [4.78, 5) is 32.0. The largest absolute Gasteiger partial charge is 0.493 e. The number of benzene rings is 3. The highest BCUT2D eigenvalue weighted by atomic mass is 16.5. The molecule has 34 heavy (non-hydrogen) atoms. The molecule has 8 nitrogen and oxygen atoms in total. The van der Waals surface area contributed by atoms with Crippen molar-refractivity contribution in [1.82, 2.24) is 14.5 Å². The molecule has 0 atom stereocenters. The number of hydrogen-bond donors (Lipinski definition) is 1. The summed E-state index contributed by atoms with van der Waals surface area (Å²) in [6.07, 6.45) is 0. The number of nitrogens with one attached hydrogen (secondary N) is 1. The first-order valence-corrected chi connectivity index (χ1v) is 10.7. The van der Waals surface area contributed by atoms with Gasteiger partial charge in [0.15, 0.2) is 11.5 Å². The lowest BCUT2D eigenvalue weighted by atomic mass is 10.1. The number of para-hydroxylation sites is 1. The van der Waals surface area contributed by atoms with Gasteiger partial charge in [-0.15, -0.1) is 0 Å². The van der Waals surface area contributed by atoms with E-state index < -0.39 is 0 Å². The number of rotatable bonds is 6. The maximum atomic E-state index is 13.2. The molecule has 4 rings (SSSR count). The smallest absolute Gasteiger partial charge is 0.255 e. The summed E-state index contributed by atoms with van der Waals surface area (Å²) in [6, 6.07) is 18.4. The number of fused-ring (bicyclic) bond motifs is 1. The van der Waals surface area contributed by atoms with Gasteiger partial charge in [-0.05, 0) is 43.3 Å². The maximum absolute atomic E-state index is 13.2. The molecule has 0 spiro atoms. The molecular formula is C26H26N4O4. The van der Waals surface area contributed by atoms with Crippen LogP contribution in [-0.4, -0.2) is 54.6 Å². The Morgan fingerprint density at radius 1 is 0.941 bits per heavy atom. The number of nitrogens with zero attached hydrogens (tertiary/aromatic N) is 3. The average Bonchev–Trinajstić information content (AvgIpc) is 3.18. The van der Waals surface area contributed by atoms with Gasteiger partial charge in [-0.3, -0.25) is 14.2 Å². The maximum Gasteiger partial charge on any atom is 0.255 e. The SMILES string of the molecule is COc1cc(NC(=O)c2ccc3c(c2)nc(C)n3-c2ccccc2)c(C(=O)N(C)C)cc1OC. The van der Waals surface area contributed by atoms with E-state index in [1.807, 2.05) is 47.9 Å². The summed E-state index contributed by atoms with van der Waals surface area (Å²) in [5.74, 6) is 0.977.